The molecular formula is C26H28N2O5. The normalized spacial score (nSPS) is 21.5. The largest absolute Gasteiger partial charge is 0.481 e. The van der Waals surface area contributed by atoms with Crippen LogP contribution in [0, 0.1) is 10.8 Å². The number of carboxylic acid groups (broad SMARTS) is 1. The number of carboxylic acids is 1. The molecule has 5 rings (SSSR count). The monoisotopic (exact) mass is 448 g/mol. The van der Waals surface area contributed by atoms with Crippen molar-refractivity contribution in [1.29, 1.82) is 0 Å². The number of aliphatic carboxylic acids is 1. The average molecular weight is 449 g/mol. The molecule has 3 N–H and O–H groups in total. The first-order valence-electron chi connectivity index (χ1n) is 11.5. The van der Waals surface area contributed by atoms with Crippen LogP contribution in [0.2, 0.25) is 0 Å². The first-order chi connectivity index (χ1) is 16.0. The highest BCUT2D eigenvalue weighted by Crippen LogP contribution is 2.73. The van der Waals surface area contributed by atoms with E-state index in [9.17, 15) is 19.5 Å². The van der Waals surface area contributed by atoms with Gasteiger partial charge in [0.2, 0.25) is 5.91 Å². The lowest BCUT2D eigenvalue weighted by Gasteiger charge is -2.30. The molecule has 2 amide bonds. The van der Waals surface area contributed by atoms with Crippen LogP contribution in [0.3, 0.4) is 0 Å². The molecule has 3 aliphatic rings. The molecule has 33 heavy (non-hydrogen) atoms. The fraction of sp³-hybridized carbons (Fsp3) is 0.423. The van der Waals surface area contributed by atoms with Gasteiger partial charge in [-0.2, -0.15) is 0 Å². The fourth-order valence-corrected chi connectivity index (χ4v) is 5.69. The zero-order chi connectivity index (χ0) is 23.1. The Kier molecular flexibility index (Phi) is 5.35. The Morgan fingerprint density at radius 1 is 0.970 bits per heavy atom. The van der Waals surface area contributed by atoms with E-state index in [2.05, 4.69) is 34.9 Å². The van der Waals surface area contributed by atoms with Crippen molar-refractivity contribution in [3.05, 3.63) is 59.7 Å². The second kappa shape index (κ2) is 8.21. The van der Waals surface area contributed by atoms with Crippen molar-refractivity contribution in [1.82, 2.24) is 10.6 Å². The van der Waals surface area contributed by atoms with Crippen molar-refractivity contribution in [2.24, 2.45) is 10.8 Å². The van der Waals surface area contributed by atoms with E-state index in [1.165, 1.54) is 0 Å². The second-order valence-corrected chi connectivity index (χ2v) is 9.48. The van der Waals surface area contributed by atoms with Gasteiger partial charge in [-0.25, -0.2) is 4.79 Å². The van der Waals surface area contributed by atoms with Crippen LogP contribution < -0.4 is 10.6 Å². The summed E-state index contributed by atoms with van der Waals surface area (Å²) < 4.78 is 5.47. The molecular weight excluding hydrogens is 420 g/mol. The van der Waals surface area contributed by atoms with Gasteiger partial charge in [0.1, 0.15) is 6.61 Å². The molecule has 0 aliphatic heterocycles. The summed E-state index contributed by atoms with van der Waals surface area (Å²) in [6, 6.07) is 16.3. The third-order valence-corrected chi connectivity index (χ3v) is 7.80. The Labute approximate surface area is 192 Å². The molecule has 0 radical (unpaired) electrons. The van der Waals surface area contributed by atoms with Crippen LogP contribution in [0.1, 0.15) is 49.1 Å². The summed E-state index contributed by atoms with van der Waals surface area (Å²) in [6.07, 6.45) is 3.08. The van der Waals surface area contributed by atoms with Crippen molar-refractivity contribution in [2.75, 3.05) is 19.7 Å². The van der Waals surface area contributed by atoms with E-state index >= 15 is 0 Å². The third kappa shape index (κ3) is 3.65. The first-order valence-corrected chi connectivity index (χ1v) is 11.5. The second-order valence-electron chi connectivity index (χ2n) is 9.48. The zero-order valence-corrected chi connectivity index (χ0v) is 18.4. The minimum atomic E-state index is -0.820. The predicted molar refractivity (Wildman–Crippen MR) is 122 cm³/mol. The minimum Gasteiger partial charge on any atom is -0.481 e. The lowest BCUT2D eigenvalue weighted by Crippen LogP contribution is -2.40. The predicted octanol–water partition coefficient (Wildman–Crippen LogP) is 3.68. The smallest absolute Gasteiger partial charge is 0.407 e. The molecule has 0 aromatic heterocycles. The number of carbonyl (C=O) groups excluding carboxylic acids is 2. The first kappa shape index (κ1) is 21.5. The van der Waals surface area contributed by atoms with Crippen molar-refractivity contribution in [3.63, 3.8) is 0 Å². The Morgan fingerprint density at radius 2 is 1.61 bits per heavy atom. The number of hydrogen-bond donors (Lipinski definition) is 3. The van der Waals surface area contributed by atoms with Gasteiger partial charge >= 0.3 is 12.1 Å². The summed E-state index contributed by atoms with van der Waals surface area (Å²) in [7, 11) is 0. The Morgan fingerprint density at radius 3 is 2.15 bits per heavy atom. The van der Waals surface area contributed by atoms with Gasteiger partial charge in [-0.1, -0.05) is 55.0 Å². The van der Waals surface area contributed by atoms with Crippen LogP contribution in [0.5, 0.6) is 0 Å². The third-order valence-electron chi connectivity index (χ3n) is 7.80. The van der Waals surface area contributed by atoms with Gasteiger partial charge in [-0.15, -0.1) is 0 Å². The summed E-state index contributed by atoms with van der Waals surface area (Å²) >= 11 is 0. The molecule has 0 heterocycles. The number of carbonyl (C=O) groups is 3. The van der Waals surface area contributed by atoms with Gasteiger partial charge in [0.05, 0.1) is 5.41 Å². The molecule has 0 saturated heterocycles. The highest BCUT2D eigenvalue weighted by Gasteiger charge is 2.73. The van der Waals surface area contributed by atoms with E-state index < -0.39 is 17.5 Å². The summed E-state index contributed by atoms with van der Waals surface area (Å²) in [5.41, 5.74) is 3.70. The van der Waals surface area contributed by atoms with Crippen molar-refractivity contribution in [3.8, 4) is 11.1 Å². The molecule has 3 aliphatic carbocycles. The van der Waals surface area contributed by atoms with Gasteiger partial charge in [0.25, 0.3) is 0 Å². The number of ether oxygens (including phenoxy) is 1. The zero-order valence-electron chi connectivity index (χ0n) is 18.4. The molecule has 2 aromatic carbocycles. The molecule has 2 fully saturated rings. The highest BCUT2D eigenvalue weighted by atomic mass is 16.5. The molecule has 172 valence electrons. The molecule has 7 heteroatoms. The van der Waals surface area contributed by atoms with Gasteiger partial charge in [-0.3, -0.25) is 9.59 Å². The Hall–Kier alpha value is -3.35. The number of alkyl carbamates (subject to hydrolysis) is 1. The molecule has 1 spiro atoms. The fourth-order valence-electron chi connectivity index (χ4n) is 5.69. The van der Waals surface area contributed by atoms with Gasteiger partial charge in [0.15, 0.2) is 0 Å². The maximum atomic E-state index is 12.2. The average Bonchev–Trinajstić information content (AvgIpc) is 3.41. The number of rotatable bonds is 8. The molecule has 7 nitrogen and oxygen atoms in total. The number of amides is 2. The molecule has 2 aromatic rings. The quantitative estimate of drug-likeness (QED) is 0.572. The molecule has 0 bridgehead atoms. The van der Waals surface area contributed by atoms with Crippen LogP contribution >= 0.6 is 0 Å². The van der Waals surface area contributed by atoms with Crippen molar-refractivity contribution in [2.45, 2.75) is 38.0 Å². The number of benzene rings is 2. The van der Waals surface area contributed by atoms with Crippen LogP contribution in [0.25, 0.3) is 11.1 Å². The Bertz CT molecular complexity index is 1060. The van der Waals surface area contributed by atoms with E-state index in [1.54, 1.807) is 0 Å². The molecule has 2 saturated carbocycles. The lowest BCUT2D eigenvalue weighted by molar-refractivity contribution is -0.145. The topological polar surface area (TPSA) is 105 Å². The summed E-state index contributed by atoms with van der Waals surface area (Å²) in [5, 5.41) is 15.0. The van der Waals surface area contributed by atoms with Gasteiger partial charge in [-0.05, 0) is 46.9 Å². The van der Waals surface area contributed by atoms with Crippen LogP contribution in [-0.4, -0.2) is 42.8 Å². The van der Waals surface area contributed by atoms with Gasteiger partial charge < -0.3 is 20.5 Å². The van der Waals surface area contributed by atoms with Crippen molar-refractivity contribution >= 4 is 18.0 Å². The van der Waals surface area contributed by atoms with Crippen LogP contribution in [0.15, 0.2) is 48.5 Å². The van der Waals surface area contributed by atoms with E-state index in [4.69, 9.17) is 4.74 Å². The number of fused-ring (bicyclic) bond motifs is 3. The van der Waals surface area contributed by atoms with E-state index in [1.807, 2.05) is 24.3 Å². The summed E-state index contributed by atoms with van der Waals surface area (Å²) in [6.45, 7) is 0.509. The van der Waals surface area contributed by atoms with Crippen LogP contribution in [-0.2, 0) is 14.3 Å². The maximum Gasteiger partial charge on any atom is 0.407 e. The SMILES string of the molecule is O=C(CCNC(=O)OCC1c2ccccc2-c2ccccc21)NCC1(C(=O)O)CC12CCC2. The molecule has 1 unspecified atom stereocenters. The van der Waals surface area contributed by atoms with E-state index in [0.29, 0.717) is 6.42 Å². The number of hydrogen-bond acceptors (Lipinski definition) is 4. The minimum absolute atomic E-state index is 0.0176. The highest BCUT2D eigenvalue weighted by molar-refractivity contribution is 5.83. The van der Waals surface area contributed by atoms with Gasteiger partial charge in [0, 0.05) is 25.4 Å². The lowest BCUT2D eigenvalue weighted by atomic mass is 9.75. The van der Waals surface area contributed by atoms with E-state index in [-0.39, 0.29) is 43.4 Å². The standard InChI is InChI=1S/C26H28N2O5/c29-22(28-16-26(23(30)31)15-25(26)11-5-12-25)10-13-27-24(32)33-14-21-19-8-3-1-6-17(19)18-7-2-4-9-20(18)21/h1-4,6-9,21H,5,10-16H2,(H,27,32)(H,28,29)(H,30,31). The van der Waals surface area contributed by atoms with E-state index in [0.717, 1.165) is 41.5 Å². The van der Waals surface area contributed by atoms with Crippen LogP contribution in [0.4, 0.5) is 4.79 Å². The summed E-state index contributed by atoms with van der Waals surface area (Å²) in [5.74, 6) is -1.11. The summed E-state index contributed by atoms with van der Waals surface area (Å²) in [4.78, 5) is 36.1. The van der Waals surface area contributed by atoms with Crippen molar-refractivity contribution < 1.29 is 24.2 Å². The maximum absolute atomic E-state index is 12.2. The molecule has 1 atom stereocenters. The Balaban J connectivity index is 1.07. The number of nitrogens with one attached hydrogen (secondary N) is 2.